The van der Waals surface area contributed by atoms with Crippen molar-refractivity contribution in [1.82, 2.24) is 15.3 Å². The normalized spacial score (nSPS) is 11.9. The lowest BCUT2D eigenvalue weighted by molar-refractivity contribution is -0.123. The fourth-order valence-electron chi connectivity index (χ4n) is 2.89. The van der Waals surface area contributed by atoms with Gasteiger partial charge in [-0.05, 0) is 31.5 Å². The molecule has 148 valence electrons. The Hall–Kier alpha value is -3.61. The minimum Gasteiger partial charge on any atom is -0.467 e. The highest BCUT2D eigenvalue weighted by atomic mass is 16.7. The van der Waals surface area contributed by atoms with Gasteiger partial charge < -0.3 is 19.5 Å². The zero-order valence-electron chi connectivity index (χ0n) is 16.3. The van der Waals surface area contributed by atoms with E-state index in [-0.39, 0.29) is 19.3 Å². The third-order valence-corrected chi connectivity index (χ3v) is 4.42. The highest BCUT2D eigenvalue weighted by Gasteiger charge is 2.14. The van der Waals surface area contributed by atoms with E-state index >= 15 is 0 Å². The number of carbonyl (C=O) groups excluding carboxylic acids is 1. The zero-order valence-corrected chi connectivity index (χ0v) is 16.3. The predicted molar refractivity (Wildman–Crippen MR) is 107 cm³/mol. The summed E-state index contributed by atoms with van der Waals surface area (Å²) in [5, 5.41) is 2.82. The van der Waals surface area contributed by atoms with Crippen LogP contribution in [0.15, 0.2) is 48.5 Å². The van der Waals surface area contributed by atoms with Crippen LogP contribution in [0.5, 0.6) is 17.4 Å². The van der Waals surface area contributed by atoms with Crippen LogP contribution in [-0.4, -0.2) is 29.3 Å². The van der Waals surface area contributed by atoms with Gasteiger partial charge >= 0.3 is 0 Å². The average Bonchev–Trinajstić information content (AvgIpc) is 3.19. The van der Waals surface area contributed by atoms with Crippen LogP contribution in [0.25, 0.3) is 11.4 Å². The number of fused-ring (bicyclic) bond motifs is 1. The summed E-state index contributed by atoms with van der Waals surface area (Å²) in [5.41, 5.74) is 3.75. The second-order valence-electron chi connectivity index (χ2n) is 6.79. The standard InChI is InChI=1S/C22H21N3O4/c1-14-3-6-17(7-4-14)22-24-15(2)9-21(25-22)27-12-20(26)23-11-16-5-8-18-19(10-16)29-13-28-18/h3-10H,11-13H2,1-2H3,(H,23,26). The molecule has 4 rings (SSSR count). The Labute approximate surface area is 168 Å². The van der Waals surface area contributed by atoms with Crippen molar-refractivity contribution in [3.8, 4) is 28.8 Å². The molecule has 3 aromatic rings. The summed E-state index contributed by atoms with van der Waals surface area (Å²) in [4.78, 5) is 21.0. The average molecular weight is 391 g/mol. The fourth-order valence-corrected chi connectivity index (χ4v) is 2.89. The van der Waals surface area contributed by atoms with E-state index in [0.29, 0.717) is 29.7 Å². The van der Waals surface area contributed by atoms with Gasteiger partial charge in [-0.3, -0.25) is 4.79 Å². The molecular weight excluding hydrogens is 370 g/mol. The van der Waals surface area contributed by atoms with Crippen LogP contribution in [0, 0.1) is 13.8 Å². The number of nitrogens with one attached hydrogen (secondary N) is 1. The van der Waals surface area contributed by atoms with Crippen LogP contribution in [0.2, 0.25) is 0 Å². The number of aromatic nitrogens is 2. The molecule has 0 aliphatic carbocycles. The summed E-state index contributed by atoms with van der Waals surface area (Å²) in [6, 6.07) is 15.2. The van der Waals surface area contributed by atoms with Crippen LogP contribution in [0.3, 0.4) is 0 Å². The topological polar surface area (TPSA) is 82.6 Å². The molecule has 0 radical (unpaired) electrons. The van der Waals surface area contributed by atoms with Gasteiger partial charge in [-0.1, -0.05) is 35.9 Å². The maximum Gasteiger partial charge on any atom is 0.258 e. The van der Waals surface area contributed by atoms with Crippen molar-refractivity contribution < 1.29 is 19.0 Å². The number of hydrogen-bond donors (Lipinski definition) is 1. The summed E-state index contributed by atoms with van der Waals surface area (Å²) in [5.74, 6) is 2.10. The minimum absolute atomic E-state index is 0.131. The molecule has 1 N–H and O–H groups in total. The third-order valence-electron chi connectivity index (χ3n) is 4.42. The van der Waals surface area contributed by atoms with Gasteiger partial charge in [0, 0.05) is 23.9 Å². The summed E-state index contributed by atoms with van der Waals surface area (Å²) in [6.45, 7) is 4.36. The Kier molecular flexibility index (Phi) is 5.29. The first kappa shape index (κ1) is 18.7. The van der Waals surface area contributed by atoms with Crippen molar-refractivity contribution in [2.24, 2.45) is 0 Å². The summed E-state index contributed by atoms with van der Waals surface area (Å²) >= 11 is 0. The van der Waals surface area contributed by atoms with Crippen molar-refractivity contribution in [2.45, 2.75) is 20.4 Å². The SMILES string of the molecule is Cc1ccc(-c2nc(C)cc(OCC(=O)NCc3ccc4c(c3)OCO4)n2)cc1. The molecule has 0 bridgehead atoms. The molecule has 0 spiro atoms. The minimum atomic E-state index is -0.240. The molecule has 1 amide bonds. The lowest BCUT2D eigenvalue weighted by atomic mass is 10.1. The first-order valence-corrected chi connectivity index (χ1v) is 9.27. The number of benzene rings is 2. The Balaban J connectivity index is 1.34. The van der Waals surface area contributed by atoms with Gasteiger partial charge in [0.15, 0.2) is 23.9 Å². The van der Waals surface area contributed by atoms with E-state index < -0.39 is 0 Å². The number of carbonyl (C=O) groups is 1. The smallest absolute Gasteiger partial charge is 0.258 e. The van der Waals surface area contributed by atoms with Crippen molar-refractivity contribution in [2.75, 3.05) is 13.4 Å². The molecule has 1 aromatic heterocycles. The second-order valence-corrected chi connectivity index (χ2v) is 6.79. The highest BCUT2D eigenvalue weighted by molar-refractivity contribution is 5.77. The van der Waals surface area contributed by atoms with Crippen molar-refractivity contribution in [3.05, 3.63) is 65.4 Å². The first-order chi connectivity index (χ1) is 14.1. The highest BCUT2D eigenvalue weighted by Crippen LogP contribution is 2.32. The van der Waals surface area contributed by atoms with Gasteiger partial charge in [0.2, 0.25) is 12.7 Å². The molecule has 7 heteroatoms. The lowest BCUT2D eigenvalue weighted by Crippen LogP contribution is -2.28. The number of nitrogens with zero attached hydrogens (tertiary/aromatic N) is 2. The summed E-state index contributed by atoms with van der Waals surface area (Å²) in [7, 11) is 0. The first-order valence-electron chi connectivity index (χ1n) is 9.27. The molecular formula is C22H21N3O4. The second kappa shape index (κ2) is 8.18. The molecule has 7 nitrogen and oxygen atoms in total. The van der Waals surface area contributed by atoms with E-state index in [4.69, 9.17) is 14.2 Å². The molecule has 2 aromatic carbocycles. The van der Waals surface area contributed by atoms with Crippen LogP contribution < -0.4 is 19.5 Å². The van der Waals surface area contributed by atoms with Gasteiger partial charge in [0.1, 0.15) is 0 Å². The third kappa shape index (κ3) is 4.63. The summed E-state index contributed by atoms with van der Waals surface area (Å²) in [6.07, 6.45) is 0. The number of rotatable bonds is 6. The van der Waals surface area contributed by atoms with Gasteiger partial charge in [0.05, 0.1) is 0 Å². The van der Waals surface area contributed by atoms with E-state index in [1.807, 2.05) is 56.3 Å². The van der Waals surface area contributed by atoms with Gasteiger partial charge in [-0.2, -0.15) is 4.98 Å². The van der Waals surface area contributed by atoms with Gasteiger partial charge in [0.25, 0.3) is 5.91 Å². The van der Waals surface area contributed by atoms with Crippen molar-refractivity contribution in [1.29, 1.82) is 0 Å². The van der Waals surface area contributed by atoms with E-state index in [1.54, 1.807) is 6.07 Å². The van der Waals surface area contributed by atoms with E-state index in [1.165, 1.54) is 0 Å². The maximum atomic E-state index is 12.2. The summed E-state index contributed by atoms with van der Waals surface area (Å²) < 4.78 is 16.2. The maximum absolute atomic E-state index is 12.2. The number of ether oxygens (including phenoxy) is 3. The van der Waals surface area contributed by atoms with E-state index in [9.17, 15) is 4.79 Å². The Bertz CT molecular complexity index is 1030. The Morgan fingerprint density at radius 2 is 1.83 bits per heavy atom. The van der Waals surface area contributed by atoms with E-state index in [2.05, 4.69) is 15.3 Å². The van der Waals surface area contributed by atoms with Crippen molar-refractivity contribution >= 4 is 5.91 Å². The fraction of sp³-hybridized carbons (Fsp3) is 0.227. The molecule has 2 heterocycles. The lowest BCUT2D eigenvalue weighted by Gasteiger charge is -2.09. The number of aryl methyl sites for hydroxylation is 2. The number of hydrogen-bond acceptors (Lipinski definition) is 6. The molecule has 1 aliphatic rings. The van der Waals surface area contributed by atoms with Crippen LogP contribution >= 0.6 is 0 Å². The predicted octanol–water partition coefficient (Wildman–Crippen LogP) is 3.18. The Morgan fingerprint density at radius 3 is 2.66 bits per heavy atom. The van der Waals surface area contributed by atoms with Gasteiger partial charge in [-0.25, -0.2) is 4.98 Å². The molecule has 0 unspecified atom stereocenters. The molecule has 0 saturated carbocycles. The van der Waals surface area contributed by atoms with Crippen molar-refractivity contribution in [3.63, 3.8) is 0 Å². The van der Waals surface area contributed by atoms with Crippen LogP contribution in [0.1, 0.15) is 16.8 Å². The quantitative estimate of drug-likeness (QED) is 0.695. The largest absolute Gasteiger partial charge is 0.467 e. The monoisotopic (exact) mass is 391 g/mol. The molecule has 0 atom stereocenters. The van der Waals surface area contributed by atoms with Crippen LogP contribution in [0.4, 0.5) is 0 Å². The number of amides is 1. The van der Waals surface area contributed by atoms with Crippen LogP contribution in [-0.2, 0) is 11.3 Å². The molecule has 0 fully saturated rings. The Morgan fingerprint density at radius 1 is 1.03 bits per heavy atom. The van der Waals surface area contributed by atoms with E-state index in [0.717, 1.165) is 22.4 Å². The molecule has 1 aliphatic heterocycles. The molecule has 0 saturated heterocycles. The zero-order chi connectivity index (χ0) is 20.2. The molecule has 29 heavy (non-hydrogen) atoms. The van der Waals surface area contributed by atoms with Gasteiger partial charge in [-0.15, -0.1) is 0 Å².